The summed E-state index contributed by atoms with van der Waals surface area (Å²) >= 11 is 0. The van der Waals surface area contributed by atoms with Gasteiger partial charge in [-0.2, -0.15) is 0 Å². The van der Waals surface area contributed by atoms with Crippen molar-refractivity contribution in [3.05, 3.63) is 29.8 Å². The third kappa shape index (κ3) is 6.19. The minimum atomic E-state index is -0.197. The van der Waals surface area contributed by atoms with Crippen LogP contribution in [0.15, 0.2) is 24.3 Å². The molecule has 2 amide bonds. The highest BCUT2D eigenvalue weighted by atomic mass is 16.2. The molecule has 0 radical (unpaired) electrons. The van der Waals surface area contributed by atoms with Gasteiger partial charge in [-0.15, -0.1) is 0 Å². The van der Waals surface area contributed by atoms with Gasteiger partial charge in [0.2, 0.25) is 11.8 Å². The van der Waals surface area contributed by atoms with Gasteiger partial charge in [-0.1, -0.05) is 95.8 Å². The number of carbonyl (C=O) groups is 2. The summed E-state index contributed by atoms with van der Waals surface area (Å²) in [5.41, 5.74) is 1.85. The molecule has 0 bridgehead atoms. The fourth-order valence-electron chi connectivity index (χ4n) is 4.04. The van der Waals surface area contributed by atoms with Crippen molar-refractivity contribution >= 4 is 17.5 Å². The summed E-state index contributed by atoms with van der Waals surface area (Å²) in [4.78, 5) is 26.8. The van der Waals surface area contributed by atoms with Gasteiger partial charge >= 0.3 is 0 Å². The number of benzene rings is 1. The zero-order chi connectivity index (χ0) is 19.6. The summed E-state index contributed by atoms with van der Waals surface area (Å²) in [6.07, 6.45) is 13.7. The number of hydrogen-bond acceptors (Lipinski definition) is 2. The van der Waals surface area contributed by atoms with Crippen molar-refractivity contribution in [2.45, 2.75) is 91.4 Å². The Balaban J connectivity index is 1.70. The standard InChI is InChI=1S/C24H37NO2/c1-4-5-6-7-8-9-10-11-12-13-14-22-20(3)23(26)25(24(22)27)21-17-15-19(2)16-18-21/h15-18,20,22H,4-14H2,1-3H3/t20-,22+/m1/s1. The van der Waals surface area contributed by atoms with E-state index in [0.29, 0.717) is 5.69 Å². The van der Waals surface area contributed by atoms with Gasteiger partial charge in [-0.3, -0.25) is 14.5 Å². The molecule has 1 saturated heterocycles. The van der Waals surface area contributed by atoms with Crippen LogP contribution in [0.5, 0.6) is 0 Å². The van der Waals surface area contributed by atoms with Crippen molar-refractivity contribution < 1.29 is 9.59 Å². The normalized spacial score (nSPS) is 19.9. The van der Waals surface area contributed by atoms with Gasteiger partial charge in [0.1, 0.15) is 0 Å². The second-order valence-electron chi connectivity index (χ2n) is 8.21. The second kappa shape index (κ2) is 11.3. The zero-order valence-electron chi connectivity index (χ0n) is 17.5. The topological polar surface area (TPSA) is 37.4 Å². The summed E-state index contributed by atoms with van der Waals surface area (Å²) in [6, 6.07) is 7.66. The number of nitrogens with zero attached hydrogens (tertiary/aromatic N) is 1. The number of anilines is 1. The third-order valence-electron chi connectivity index (χ3n) is 5.91. The lowest BCUT2D eigenvalue weighted by Crippen LogP contribution is -2.30. The van der Waals surface area contributed by atoms with Crippen LogP contribution < -0.4 is 4.90 Å². The largest absolute Gasteiger partial charge is 0.274 e. The smallest absolute Gasteiger partial charge is 0.237 e. The summed E-state index contributed by atoms with van der Waals surface area (Å²) in [5.74, 6) is -0.390. The Morgan fingerprint density at radius 1 is 0.778 bits per heavy atom. The second-order valence-corrected chi connectivity index (χ2v) is 8.21. The van der Waals surface area contributed by atoms with Gasteiger partial charge in [0.15, 0.2) is 0 Å². The molecule has 1 aromatic carbocycles. The molecule has 27 heavy (non-hydrogen) atoms. The minimum Gasteiger partial charge on any atom is -0.274 e. The van der Waals surface area contributed by atoms with E-state index in [1.54, 1.807) is 0 Å². The van der Waals surface area contributed by atoms with E-state index in [-0.39, 0.29) is 23.7 Å². The Morgan fingerprint density at radius 2 is 1.30 bits per heavy atom. The van der Waals surface area contributed by atoms with Crippen LogP contribution in [0, 0.1) is 18.8 Å². The van der Waals surface area contributed by atoms with Crippen LogP contribution in [0.4, 0.5) is 5.69 Å². The first-order valence-corrected chi connectivity index (χ1v) is 11.0. The van der Waals surface area contributed by atoms with E-state index in [1.807, 2.05) is 38.1 Å². The van der Waals surface area contributed by atoms with Gasteiger partial charge in [0, 0.05) is 5.92 Å². The SMILES string of the molecule is CCCCCCCCCCCC[C@@H]1C(=O)N(c2ccc(C)cc2)C(=O)[C@@H]1C. The van der Waals surface area contributed by atoms with Crippen LogP contribution in [-0.4, -0.2) is 11.8 Å². The van der Waals surface area contributed by atoms with Crippen molar-refractivity contribution in [3.8, 4) is 0 Å². The molecule has 0 aromatic heterocycles. The van der Waals surface area contributed by atoms with E-state index in [1.165, 1.54) is 62.7 Å². The van der Waals surface area contributed by atoms with Crippen LogP contribution in [0.1, 0.15) is 90.0 Å². The Hall–Kier alpha value is -1.64. The van der Waals surface area contributed by atoms with Gasteiger partial charge in [0.05, 0.1) is 11.6 Å². The molecule has 1 aliphatic rings. The first kappa shape index (κ1) is 21.7. The molecule has 3 nitrogen and oxygen atoms in total. The fourth-order valence-corrected chi connectivity index (χ4v) is 4.04. The first-order valence-electron chi connectivity index (χ1n) is 11.0. The molecule has 150 valence electrons. The lowest BCUT2D eigenvalue weighted by molar-refractivity contribution is -0.122. The molecule has 2 rings (SSSR count). The summed E-state index contributed by atoms with van der Waals surface area (Å²) in [7, 11) is 0. The Bertz CT molecular complexity index is 593. The number of aryl methyl sites for hydroxylation is 1. The predicted octanol–water partition coefficient (Wildman–Crippen LogP) is 6.43. The maximum Gasteiger partial charge on any atom is 0.237 e. The van der Waals surface area contributed by atoms with Crippen molar-refractivity contribution in [2.24, 2.45) is 11.8 Å². The van der Waals surface area contributed by atoms with E-state index in [0.717, 1.165) is 18.4 Å². The number of hydrogen-bond donors (Lipinski definition) is 0. The number of imide groups is 1. The highest BCUT2D eigenvalue weighted by Crippen LogP contribution is 2.34. The van der Waals surface area contributed by atoms with E-state index in [4.69, 9.17) is 0 Å². The van der Waals surface area contributed by atoms with Crippen LogP contribution in [0.3, 0.4) is 0 Å². The third-order valence-corrected chi connectivity index (χ3v) is 5.91. The molecule has 0 spiro atoms. The number of carbonyl (C=O) groups excluding carboxylic acids is 2. The maximum absolute atomic E-state index is 12.8. The lowest BCUT2D eigenvalue weighted by Gasteiger charge is -2.15. The summed E-state index contributed by atoms with van der Waals surface area (Å²) in [5, 5.41) is 0. The molecule has 0 N–H and O–H groups in total. The van der Waals surface area contributed by atoms with E-state index in [9.17, 15) is 9.59 Å². The first-order chi connectivity index (χ1) is 13.1. The van der Waals surface area contributed by atoms with Gasteiger partial charge in [0.25, 0.3) is 0 Å². The average molecular weight is 372 g/mol. The van der Waals surface area contributed by atoms with E-state index < -0.39 is 0 Å². The van der Waals surface area contributed by atoms with Gasteiger partial charge < -0.3 is 0 Å². The molecule has 1 fully saturated rings. The minimum absolute atomic E-state index is 0.00715. The zero-order valence-corrected chi connectivity index (χ0v) is 17.5. The molecule has 1 aliphatic heterocycles. The monoisotopic (exact) mass is 371 g/mol. The highest BCUT2D eigenvalue weighted by molar-refractivity contribution is 6.21. The number of amides is 2. The molecule has 1 heterocycles. The van der Waals surface area contributed by atoms with Crippen molar-refractivity contribution in [1.29, 1.82) is 0 Å². The van der Waals surface area contributed by atoms with Crippen LogP contribution in [-0.2, 0) is 9.59 Å². The maximum atomic E-state index is 12.8. The molecule has 0 saturated carbocycles. The summed E-state index contributed by atoms with van der Waals surface area (Å²) in [6.45, 7) is 6.17. The van der Waals surface area contributed by atoms with E-state index in [2.05, 4.69) is 6.92 Å². The average Bonchev–Trinajstić information content (AvgIpc) is 2.87. The molecule has 0 unspecified atom stereocenters. The van der Waals surface area contributed by atoms with Gasteiger partial charge in [-0.25, -0.2) is 0 Å². The molecule has 0 aliphatic carbocycles. The molecular weight excluding hydrogens is 334 g/mol. The Labute approximate surface area is 165 Å². The van der Waals surface area contributed by atoms with Crippen molar-refractivity contribution in [1.82, 2.24) is 0 Å². The Kier molecular flexibility index (Phi) is 9.03. The van der Waals surface area contributed by atoms with Crippen LogP contribution in [0.25, 0.3) is 0 Å². The Morgan fingerprint density at radius 3 is 1.85 bits per heavy atom. The van der Waals surface area contributed by atoms with Crippen molar-refractivity contribution in [2.75, 3.05) is 4.90 Å². The number of rotatable bonds is 12. The molecular formula is C24H37NO2. The number of unbranched alkanes of at least 4 members (excludes halogenated alkanes) is 9. The van der Waals surface area contributed by atoms with Gasteiger partial charge in [-0.05, 0) is 25.5 Å². The molecule has 3 heteroatoms. The fraction of sp³-hybridized carbons (Fsp3) is 0.667. The van der Waals surface area contributed by atoms with E-state index >= 15 is 0 Å². The lowest BCUT2D eigenvalue weighted by atomic mass is 9.91. The quantitative estimate of drug-likeness (QED) is 0.313. The summed E-state index contributed by atoms with van der Waals surface area (Å²) < 4.78 is 0. The molecule has 2 atom stereocenters. The van der Waals surface area contributed by atoms with Crippen LogP contribution in [0.2, 0.25) is 0 Å². The van der Waals surface area contributed by atoms with Crippen LogP contribution >= 0.6 is 0 Å². The predicted molar refractivity (Wildman–Crippen MR) is 113 cm³/mol. The van der Waals surface area contributed by atoms with Crippen molar-refractivity contribution in [3.63, 3.8) is 0 Å². The molecule has 1 aromatic rings. The highest BCUT2D eigenvalue weighted by Gasteiger charge is 2.45.